The Bertz CT molecular complexity index is 101. The van der Waals surface area contributed by atoms with E-state index in [1.807, 2.05) is 0 Å². The first-order chi connectivity index (χ1) is 4.56. The summed E-state index contributed by atoms with van der Waals surface area (Å²) < 4.78 is 0. The van der Waals surface area contributed by atoms with Gasteiger partial charge in [-0.3, -0.25) is 0 Å². The molecule has 0 bridgehead atoms. The molecule has 0 aliphatic heterocycles. The number of hydrogen-bond acceptors (Lipinski definition) is 2. The first kappa shape index (κ1) is 22.5. The zero-order valence-electron chi connectivity index (χ0n) is 6.44. The zero-order chi connectivity index (χ0) is 8.99. The molecule has 0 unspecified atom stereocenters. The molecule has 0 atom stereocenters. The van der Waals surface area contributed by atoms with Crippen molar-refractivity contribution in [2.75, 3.05) is 0 Å². The number of rotatable bonds is 0. The number of nitrogens with zero attached hydrogens (tertiary/aromatic N) is 2. The Balaban J connectivity index is -0.0000000325. The van der Waals surface area contributed by atoms with E-state index in [0.717, 1.165) is 0 Å². The second-order valence-corrected chi connectivity index (χ2v) is 13.3. The summed E-state index contributed by atoms with van der Waals surface area (Å²) in [6, 6.07) is 3.50. The fourth-order valence-corrected chi connectivity index (χ4v) is 0. The van der Waals surface area contributed by atoms with Gasteiger partial charge in [0.2, 0.25) is 0 Å². The van der Waals surface area contributed by atoms with Crippen molar-refractivity contribution < 1.29 is 14.2 Å². The van der Waals surface area contributed by atoms with E-state index in [-0.39, 0.29) is 7.43 Å². The van der Waals surface area contributed by atoms with Gasteiger partial charge in [0.25, 0.3) is 0 Å². The van der Waals surface area contributed by atoms with E-state index in [9.17, 15) is 0 Å². The molecular weight excluding hydrogens is 378 g/mol. The first-order valence-electron chi connectivity index (χ1n) is 1.91. The van der Waals surface area contributed by atoms with E-state index in [2.05, 4.69) is 0 Å². The molecule has 0 rings (SSSR count). The molecule has 11 heavy (non-hydrogen) atoms. The average molecular weight is 387 g/mol. The third kappa shape index (κ3) is 2650. The Morgan fingerprint density at radius 3 is 1.00 bits per heavy atom. The topological polar surface area (TPSA) is 47.6 Å². The maximum atomic E-state index is 7.32. The fourth-order valence-electron chi connectivity index (χ4n) is 0. The Labute approximate surface area is 86.0 Å². The molecule has 2 nitrogen and oxygen atoms in total. The minimum atomic E-state index is -2.11. The average Bonchev–Trinajstić information content (AvgIpc) is 1.65. The van der Waals surface area contributed by atoms with Gasteiger partial charge in [0.1, 0.15) is 0 Å². The molecule has 0 heterocycles. The molecule has 0 aromatic carbocycles. The van der Waals surface area contributed by atoms with Gasteiger partial charge in [-0.05, 0) is 0 Å². The molecule has 0 aromatic rings. The second kappa shape index (κ2) is 31.3. The van der Waals surface area contributed by atoms with Gasteiger partial charge in [-0.2, -0.15) is 10.5 Å². The number of hydrogen-bond donors (Lipinski definition) is 0. The van der Waals surface area contributed by atoms with Crippen molar-refractivity contribution in [1.29, 1.82) is 10.5 Å². The van der Waals surface area contributed by atoms with Crippen LogP contribution >= 0.6 is 28.3 Å². The molecule has 0 saturated heterocycles. The quantitative estimate of drug-likeness (QED) is 0.597. The standard InChI is InChI=1S/2C2H3N.CH3.3ClH.W/c2*1-2-3;;;;;/h2*1H3;1H3;3*1H;/q;;-1;;;;+3/p-3. The molecule has 0 aliphatic carbocycles. The van der Waals surface area contributed by atoms with E-state index in [1.54, 1.807) is 12.1 Å². The summed E-state index contributed by atoms with van der Waals surface area (Å²) in [5, 5.41) is 14.6. The van der Waals surface area contributed by atoms with Crippen LogP contribution in [0.25, 0.3) is 0 Å². The predicted molar refractivity (Wildman–Crippen MR) is 46.5 cm³/mol. The van der Waals surface area contributed by atoms with Crippen LogP contribution in [0.5, 0.6) is 0 Å². The van der Waals surface area contributed by atoms with E-state index in [0.29, 0.717) is 0 Å². The van der Waals surface area contributed by atoms with Crippen LogP contribution in [0.4, 0.5) is 0 Å². The second-order valence-electron chi connectivity index (χ2n) is 0.622. The van der Waals surface area contributed by atoms with Gasteiger partial charge in [0.05, 0.1) is 12.1 Å². The van der Waals surface area contributed by atoms with Crippen LogP contribution in [0.1, 0.15) is 13.8 Å². The van der Waals surface area contributed by atoms with Crippen molar-refractivity contribution in [2.45, 2.75) is 13.8 Å². The summed E-state index contributed by atoms with van der Waals surface area (Å²) in [5.74, 6) is 0. The van der Waals surface area contributed by atoms with Crippen LogP contribution in [0.2, 0.25) is 0 Å². The van der Waals surface area contributed by atoms with E-state index in [4.69, 9.17) is 38.8 Å². The monoisotopic (exact) mass is 386 g/mol. The number of nitriles is 2. The normalized spacial score (nSPS) is 4.73. The van der Waals surface area contributed by atoms with Crippen molar-refractivity contribution in [3.63, 3.8) is 0 Å². The Hall–Kier alpha value is 0.538. The Morgan fingerprint density at radius 1 is 1.00 bits per heavy atom. The van der Waals surface area contributed by atoms with Crippen LogP contribution in [0, 0.1) is 30.1 Å². The van der Waals surface area contributed by atoms with Gasteiger partial charge >= 0.3 is 42.4 Å². The summed E-state index contributed by atoms with van der Waals surface area (Å²) in [5.41, 5.74) is 0. The molecular formula is C5H9Cl3N2W-. The molecule has 0 aromatic heterocycles. The number of halogens is 3. The third-order valence-electron chi connectivity index (χ3n) is 0. The van der Waals surface area contributed by atoms with Gasteiger partial charge in [0, 0.05) is 13.8 Å². The molecule has 0 amide bonds. The maximum absolute atomic E-state index is 7.32. The molecule has 67 valence electrons. The third-order valence-corrected chi connectivity index (χ3v) is 0. The SMILES string of the molecule is CC#N.CC#N.[CH3-].[Cl][W]([Cl])[Cl]. The zero-order valence-corrected chi connectivity index (χ0v) is 11.6. The van der Waals surface area contributed by atoms with Gasteiger partial charge in [-0.1, -0.05) is 0 Å². The summed E-state index contributed by atoms with van der Waals surface area (Å²) in [4.78, 5) is 0. The van der Waals surface area contributed by atoms with Gasteiger partial charge < -0.3 is 7.43 Å². The summed E-state index contributed by atoms with van der Waals surface area (Å²) in [6.45, 7) is 2.86. The predicted octanol–water partition coefficient (Wildman–Crippen LogP) is 3.58. The van der Waals surface area contributed by atoms with Crippen molar-refractivity contribution in [3.8, 4) is 12.1 Å². The Morgan fingerprint density at radius 2 is 1.00 bits per heavy atom. The van der Waals surface area contributed by atoms with Crippen LogP contribution < -0.4 is 0 Å². The van der Waals surface area contributed by atoms with Crippen LogP contribution in [0.3, 0.4) is 0 Å². The summed E-state index contributed by atoms with van der Waals surface area (Å²) in [6.07, 6.45) is 0. The van der Waals surface area contributed by atoms with Crippen LogP contribution in [-0.4, -0.2) is 0 Å². The molecule has 0 spiro atoms. The van der Waals surface area contributed by atoms with Crippen molar-refractivity contribution >= 4 is 28.3 Å². The van der Waals surface area contributed by atoms with Crippen molar-refractivity contribution in [3.05, 3.63) is 7.43 Å². The molecule has 6 heteroatoms. The molecule has 0 saturated carbocycles. The van der Waals surface area contributed by atoms with E-state index in [1.165, 1.54) is 13.8 Å². The van der Waals surface area contributed by atoms with Gasteiger partial charge in [-0.15, -0.1) is 0 Å². The summed E-state index contributed by atoms with van der Waals surface area (Å²) >= 11 is -2.11. The van der Waals surface area contributed by atoms with Crippen molar-refractivity contribution in [1.82, 2.24) is 0 Å². The fraction of sp³-hybridized carbons (Fsp3) is 0.400. The van der Waals surface area contributed by atoms with Crippen molar-refractivity contribution in [2.24, 2.45) is 0 Å². The molecule has 0 N–H and O–H groups in total. The Kier molecular flexibility index (Phi) is 64.1. The van der Waals surface area contributed by atoms with Gasteiger partial charge in [-0.25, -0.2) is 0 Å². The molecule has 0 aliphatic rings. The minimum absolute atomic E-state index is 0. The van der Waals surface area contributed by atoms with Crippen LogP contribution in [0.15, 0.2) is 0 Å². The molecule has 0 radical (unpaired) electrons. The van der Waals surface area contributed by atoms with Gasteiger partial charge in [0.15, 0.2) is 0 Å². The summed E-state index contributed by atoms with van der Waals surface area (Å²) in [7, 11) is 15.0. The van der Waals surface area contributed by atoms with E-state index >= 15 is 0 Å². The van der Waals surface area contributed by atoms with Crippen LogP contribution in [-0.2, 0) is 14.2 Å². The first-order valence-corrected chi connectivity index (χ1v) is 12.8. The molecule has 0 fully saturated rings. The van der Waals surface area contributed by atoms with E-state index < -0.39 is 14.2 Å².